The van der Waals surface area contributed by atoms with Crippen LogP contribution in [-0.4, -0.2) is 17.5 Å². The maximum atomic E-state index is 11.8. The SMILES string of the molecule is CCCOc1ccc(/C=C/C(=O)Nc2cc(C)ccn2)cc1. The number of pyridine rings is 1. The summed E-state index contributed by atoms with van der Waals surface area (Å²) in [4.78, 5) is 15.9. The number of hydrogen-bond acceptors (Lipinski definition) is 3. The van der Waals surface area contributed by atoms with Crippen LogP contribution < -0.4 is 10.1 Å². The van der Waals surface area contributed by atoms with Crippen molar-refractivity contribution in [2.45, 2.75) is 20.3 Å². The van der Waals surface area contributed by atoms with Crippen LogP contribution in [0, 0.1) is 6.92 Å². The molecule has 1 aromatic carbocycles. The molecule has 0 aliphatic carbocycles. The maximum absolute atomic E-state index is 11.8. The number of amides is 1. The molecule has 0 saturated heterocycles. The van der Waals surface area contributed by atoms with Crippen molar-refractivity contribution in [2.75, 3.05) is 11.9 Å². The molecule has 0 saturated carbocycles. The van der Waals surface area contributed by atoms with E-state index < -0.39 is 0 Å². The normalized spacial score (nSPS) is 10.6. The zero-order valence-electron chi connectivity index (χ0n) is 12.9. The highest BCUT2D eigenvalue weighted by Crippen LogP contribution is 2.13. The number of ether oxygens (including phenoxy) is 1. The van der Waals surface area contributed by atoms with E-state index >= 15 is 0 Å². The predicted molar refractivity (Wildman–Crippen MR) is 88.9 cm³/mol. The van der Waals surface area contributed by atoms with Crippen molar-refractivity contribution in [3.8, 4) is 5.75 Å². The number of rotatable bonds is 6. The van der Waals surface area contributed by atoms with Crippen LogP contribution in [-0.2, 0) is 4.79 Å². The van der Waals surface area contributed by atoms with Gasteiger partial charge in [0.1, 0.15) is 11.6 Å². The summed E-state index contributed by atoms with van der Waals surface area (Å²) >= 11 is 0. The summed E-state index contributed by atoms with van der Waals surface area (Å²) in [5, 5.41) is 2.73. The molecule has 0 unspecified atom stereocenters. The Hall–Kier alpha value is -2.62. The predicted octanol–water partition coefficient (Wildman–Crippen LogP) is 3.83. The minimum Gasteiger partial charge on any atom is -0.494 e. The fourth-order valence-corrected chi connectivity index (χ4v) is 1.84. The molecule has 1 aromatic heterocycles. The first kappa shape index (κ1) is 15.8. The van der Waals surface area contributed by atoms with Gasteiger partial charge >= 0.3 is 0 Å². The topological polar surface area (TPSA) is 51.2 Å². The number of nitrogens with zero attached hydrogens (tertiary/aromatic N) is 1. The van der Waals surface area contributed by atoms with E-state index in [9.17, 15) is 4.79 Å². The van der Waals surface area contributed by atoms with Crippen molar-refractivity contribution in [3.05, 3.63) is 59.8 Å². The number of carbonyl (C=O) groups excluding carboxylic acids is 1. The van der Waals surface area contributed by atoms with Crippen LogP contribution in [0.3, 0.4) is 0 Å². The summed E-state index contributed by atoms with van der Waals surface area (Å²) in [6.07, 6.45) is 5.90. The second kappa shape index (κ2) is 7.98. The van der Waals surface area contributed by atoms with Crippen molar-refractivity contribution < 1.29 is 9.53 Å². The van der Waals surface area contributed by atoms with E-state index in [0.29, 0.717) is 12.4 Å². The number of carbonyl (C=O) groups is 1. The van der Waals surface area contributed by atoms with Crippen LogP contribution >= 0.6 is 0 Å². The second-order valence-electron chi connectivity index (χ2n) is 4.96. The summed E-state index contributed by atoms with van der Waals surface area (Å²) in [5.41, 5.74) is 1.99. The Morgan fingerprint density at radius 1 is 1.27 bits per heavy atom. The fraction of sp³-hybridized carbons (Fsp3) is 0.222. The standard InChI is InChI=1S/C18H20N2O2/c1-3-12-22-16-7-4-15(5-8-16)6-9-18(21)20-17-13-14(2)10-11-19-17/h4-11,13H,3,12H2,1-2H3,(H,19,20,21)/b9-6+. The van der Waals surface area contributed by atoms with Gasteiger partial charge in [0.15, 0.2) is 0 Å². The van der Waals surface area contributed by atoms with Gasteiger partial charge in [-0.15, -0.1) is 0 Å². The summed E-state index contributed by atoms with van der Waals surface area (Å²) in [5.74, 6) is 1.19. The lowest BCUT2D eigenvalue weighted by molar-refractivity contribution is -0.111. The third kappa shape index (κ3) is 5.05. The molecular weight excluding hydrogens is 276 g/mol. The minimum absolute atomic E-state index is 0.204. The number of nitrogens with one attached hydrogen (secondary N) is 1. The average Bonchev–Trinajstić information content (AvgIpc) is 2.52. The van der Waals surface area contributed by atoms with Gasteiger partial charge in [0.2, 0.25) is 5.91 Å². The minimum atomic E-state index is -0.204. The zero-order chi connectivity index (χ0) is 15.8. The monoisotopic (exact) mass is 296 g/mol. The number of anilines is 1. The Labute approximate surface area is 130 Å². The average molecular weight is 296 g/mol. The van der Waals surface area contributed by atoms with Crippen LogP contribution in [0.25, 0.3) is 6.08 Å². The van der Waals surface area contributed by atoms with E-state index in [4.69, 9.17) is 4.74 Å². The van der Waals surface area contributed by atoms with E-state index in [1.807, 2.05) is 43.3 Å². The van der Waals surface area contributed by atoms with Gasteiger partial charge in [0, 0.05) is 12.3 Å². The van der Waals surface area contributed by atoms with Crippen molar-refractivity contribution in [1.29, 1.82) is 0 Å². The Balaban J connectivity index is 1.92. The third-order valence-electron chi connectivity index (χ3n) is 2.95. The first-order chi connectivity index (χ1) is 10.7. The van der Waals surface area contributed by atoms with Gasteiger partial charge in [-0.1, -0.05) is 19.1 Å². The van der Waals surface area contributed by atoms with Crippen molar-refractivity contribution in [1.82, 2.24) is 4.98 Å². The van der Waals surface area contributed by atoms with Crippen LogP contribution in [0.2, 0.25) is 0 Å². The smallest absolute Gasteiger partial charge is 0.249 e. The van der Waals surface area contributed by atoms with Crippen LogP contribution in [0.15, 0.2) is 48.7 Å². The molecule has 0 spiro atoms. The molecule has 4 heteroatoms. The third-order valence-corrected chi connectivity index (χ3v) is 2.95. The van der Waals surface area contributed by atoms with Gasteiger partial charge in [0.05, 0.1) is 6.61 Å². The molecule has 1 heterocycles. The highest BCUT2D eigenvalue weighted by molar-refractivity contribution is 6.01. The Morgan fingerprint density at radius 2 is 2.05 bits per heavy atom. The molecule has 0 radical (unpaired) electrons. The second-order valence-corrected chi connectivity index (χ2v) is 4.96. The summed E-state index contributed by atoms with van der Waals surface area (Å²) < 4.78 is 5.51. The van der Waals surface area contributed by atoms with E-state index in [1.54, 1.807) is 12.3 Å². The van der Waals surface area contributed by atoms with Gasteiger partial charge in [-0.2, -0.15) is 0 Å². The lowest BCUT2D eigenvalue weighted by Gasteiger charge is -2.04. The molecular formula is C18H20N2O2. The highest BCUT2D eigenvalue weighted by atomic mass is 16.5. The molecule has 2 aromatic rings. The van der Waals surface area contributed by atoms with E-state index in [1.165, 1.54) is 6.08 Å². The zero-order valence-corrected chi connectivity index (χ0v) is 12.9. The number of aromatic nitrogens is 1. The van der Waals surface area contributed by atoms with Gasteiger partial charge in [-0.05, 0) is 54.8 Å². The molecule has 0 aliphatic rings. The van der Waals surface area contributed by atoms with Gasteiger partial charge in [-0.25, -0.2) is 4.98 Å². The fourth-order valence-electron chi connectivity index (χ4n) is 1.84. The Kier molecular flexibility index (Phi) is 5.72. The van der Waals surface area contributed by atoms with Gasteiger partial charge in [0.25, 0.3) is 0 Å². The number of hydrogen-bond donors (Lipinski definition) is 1. The molecule has 0 atom stereocenters. The van der Waals surface area contributed by atoms with E-state index in [0.717, 1.165) is 23.3 Å². The van der Waals surface area contributed by atoms with Crippen LogP contribution in [0.5, 0.6) is 5.75 Å². The molecule has 0 fully saturated rings. The molecule has 22 heavy (non-hydrogen) atoms. The largest absolute Gasteiger partial charge is 0.494 e. The Bertz CT molecular complexity index is 648. The van der Waals surface area contributed by atoms with Crippen LogP contribution in [0.1, 0.15) is 24.5 Å². The summed E-state index contributed by atoms with van der Waals surface area (Å²) in [6.45, 7) is 4.73. The lowest BCUT2D eigenvalue weighted by Crippen LogP contribution is -2.09. The molecule has 2 rings (SSSR count). The van der Waals surface area contributed by atoms with E-state index in [-0.39, 0.29) is 5.91 Å². The van der Waals surface area contributed by atoms with Crippen molar-refractivity contribution in [3.63, 3.8) is 0 Å². The molecule has 0 bridgehead atoms. The molecule has 1 N–H and O–H groups in total. The highest BCUT2D eigenvalue weighted by Gasteiger charge is 1.99. The number of aryl methyl sites for hydroxylation is 1. The maximum Gasteiger partial charge on any atom is 0.249 e. The number of benzene rings is 1. The van der Waals surface area contributed by atoms with Crippen LogP contribution in [0.4, 0.5) is 5.82 Å². The summed E-state index contributed by atoms with van der Waals surface area (Å²) in [7, 11) is 0. The first-order valence-electron chi connectivity index (χ1n) is 7.32. The van der Waals surface area contributed by atoms with Gasteiger partial charge in [-0.3, -0.25) is 4.79 Å². The molecule has 1 amide bonds. The van der Waals surface area contributed by atoms with Gasteiger partial charge < -0.3 is 10.1 Å². The molecule has 4 nitrogen and oxygen atoms in total. The van der Waals surface area contributed by atoms with Crippen molar-refractivity contribution >= 4 is 17.8 Å². The lowest BCUT2D eigenvalue weighted by atomic mass is 10.2. The van der Waals surface area contributed by atoms with Crippen molar-refractivity contribution in [2.24, 2.45) is 0 Å². The van der Waals surface area contributed by atoms with E-state index in [2.05, 4.69) is 17.2 Å². The summed E-state index contributed by atoms with van der Waals surface area (Å²) in [6, 6.07) is 11.3. The first-order valence-corrected chi connectivity index (χ1v) is 7.32. The Morgan fingerprint density at radius 3 is 2.73 bits per heavy atom. The molecule has 114 valence electrons. The molecule has 0 aliphatic heterocycles. The quantitative estimate of drug-likeness (QED) is 0.824.